The molecule has 0 N–H and O–H groups in total. The molecule has 1 saturated heterocycles. The molecule has 0 saturated carbocycles. The summed E-state index contributed by atoms with van der Waals surface area (Å²) in [6, 6.07) is 8.40. The minimum Gasteiger partial charge on any atom is -0.467 e. The molecule has 0 bridgehead atoms. The Hall–Kier alpha value is -2.15. The number of hydrogen-bond donors (Lipinski definition) is 0. The van der Waals surface area contributed by atoms with Gasteiger partial charge in [-0.3, -0.25) is 4.79 Å². The Kier molecular flexibility index (Phi) is 4.21. The van der Waals surface area contributed by atoms with E-state index in [1.165, 1.54) is 6.26 Å². The second-order valence-electron chi connectivity index (χ2n) is 5.73. The second-order valence-corrected chi connectivity index (χ2v) is 7.96. The number of carbonyl (C=O) groups excluding carboxylic acids is 1. The molecule has 3 rings (SSSR count). The second kappa shape index (κ2) is 6.16. The summed E-state index contributed by atoms with van der Waals surface area (Å²) in [6.07, 6.45) is 1.98. The molecule has 1 fully saturated rings. The highest BCUT2D eigenvalue weighted by Crippen LogP contribution is 2.22. The van der Waals surface area contributed by atoms with Gasteiger partial charge >= 0.3 is 0 Å². The summed E-state index contributed by atoms with van der Waals surface area (Å²) in [7, 11) is -3.09. The zero-order chi connectivity index (χ0) is 16.4. The number of rotatable bonds is 4. The molecule has 2 aromatic heterocycles. The monoisotopic (exact) mass is 334 g/mol. The van der Waals surface area contributed by atoms with Crippen LogP contribution in [-0.2, 0) is 16.4 Å². The van der Waals surface area contributed by atoms with Gasteiger partial charge in [-0.25, -0.2) is 13.4 Å². The lowest BCUT2D eigenvalue weighted by Gasteiger charge is -2.27. The average Bonchev–Trinajstić information content (AvgIpc) is 3.13. The average molecular weight is 334 g/mol. The van der Waals surface area contributed by atoms with Gasteiger partial charge in [0.05, 0.1) is 24.3 Å². The maximum absolute atomic E-state index is 12.8. The van der Waals surface area contributed by atoms with Crippen LogP contribution < -0.4 is 0 Å². The van der Waals surface area contributed by atoms with Gasteiger partial charge in [-0.2, -0.15) is 0 Å². The molecule has 3 heterocycles. The van der Waals surface area contributed by atoms with E-state index >= 15 is 0 Å². The molecular formula is C16H18N2O4S. The van der Waals surface area contributed by atoms with Crippen LogP contribution in [0.4, 0.5) is 0 Å². The van der Waals surface area contributed by atoms with Crippen LogP contribution >= 0.6 is 0 Å². The minimum atomic E-state index is -3.09. The number of nitrogens with zero attached hydrogens (tertiary/aromatic N) is 2. The first-order valence-corrected chi connectivity index (χ1v) is 9.24. The van der Waals surface area contributed by atoms with Gasteiger partial charge in [0, 0.05) is 11.7 Å². The number of furan rings is 1. The smallest absolute Gasteiger partial charge is 0.273 e. The zero-order valence-electron chi connectivity index (χ0n) is 12.8. The number of pyridine rings is 1. The highest BCUT2D eigenvalue weighted by Gasteiger charge is 2.35. The number of hydrogen-bond acceptors (Lipinski definition) is 5. The standard InChI is InChI=1S/C16H18N2O4S/c1-12-4-2-6-15(17-12)16(19)18(10-14-5-3-8-22-14)13-7-9-23(20,21)11-13/h2-6,8,13H,7,9-11H2,1H3/t13-/m1/s1. The summed E-state index contributed by atoms with van der Waals surface area (Å²) in [5.41, 5.74) is 1.06. The van der Waals surface area contributed by atoms with Crippen molar-refractivity contribution in [1.29, 1.82) is 0 Å². The molecule has 1 atom stereocenters. The molecule has 23 heavy (non-hydrogen) atoms. The summed E-state index contributed by atoms with van der Waals surface area (Å²) in [6.45, 7) is 2.05. The van der Waals surface area contributed by atoms with Gasteiger partial charge in [0.25, 0.3) is 5.91 Å². The van der Waals surface area contributed by atoms with Crippen LogP contribution in [0.1, 0.15) is 28.4 Å². The summed E-state index contributed by atoms with van der Waals surface area (Å²) < 4.78 is 28.9. The molecule has 0 unspecified atom stereocenters. The Balaban J connectivity index is 1.89. The molecule has 0 aromatic carbocycles. The van der Waals surface area contributed by atoms with Gasteiger partial charge in [-0.1, -0.05) is 6.07 Å². The molecule has 0 radical (unpaired) electrons. The normalized spacial score (nSPS) is 19.6. The Bertz CT molecular complexity index is 799. The van der Waals surface area contributed by atoms with Gasteiger partial charge in [-0.05, 0) is 37.6 Å². The molecule has 1 aliphatic heterocycles. The van der Waals surface area contributed by atoms with Crippen LogP contribution in [0.15, 0.2) is 41.0 Å². The first-order chi connectivity index (χ1) is 10.9. The van der Waals surface area contributed by atoms with Crippen LogP contribution in [0.3, 0.4) is 0 Å². The minimum absolute atomic E-state index is 0.00867. The van der Waals surface area contributed by atoms with Gasteiger partial charge in [-0.15, -0.1) is 0 Å². The van der Waals surface area contributed by atoms with Crippen molar-refractivity contribution in [2.24, 2.45) is 0 Å². The van der Waals surface area contributed by atoms with Gasteiger partial charge < -0.3 is 9.32 Å². The molecule has 7 heteroatoms. The fraction of sp³-hybridized carbons (Fsp3) is 0.375. The van der Waals surface area contributed by atoms with Gasteiger partial charge in [0.1, 0.15) is 11.5 Å². The van der Waals surface area contributed by atoms with E-state index in [4.69, 9.17) is 4.42 Å². The third-order valence-corrected chi connectivity index (χ3v) is 5.67. The summed E-state index contributed by atoms with van der Waals surface area (Å²) in [5.74, 6) is 0.453. The maximum Gasteiger partial charge on any atom is 0.273 e. The van der Waals surface area contributed by atoms with Gasteiger partial charge in [0.2, 0.25) is 0 Å². The van der Waals surface area contributed by atoms with Crippen molar-refractivity contribution in [3.8, 4) is 0 Å². The molecule has 1 amide bonds. The van der Waals surface area contributed by atoms with E-state index in [2.05, 4.69) is 4.98 Å². The highest BCUT2D eigenvalue weighted by atomic mass is 32.2. The Morgan fingerprint density at radius 1 is 1.35 bits per heavy atom. The Morgan fingerprint density at radius 2 is 2.17 bits per heavy atom. The Labute approximate surface area is 135 Å². The largest absolute Gasteiger partial charge is 0.467 e. The first-order valence-electron chi connectivity index (χ1n) is 7.42. The molecule has 6 nitrogen and oxygen atoms in total. The van der Waals surface area contributed by atoms with E-state index in [-0.39, 0.29) is 30.0 Å². The van der Waals surface area contributed by atoms with Crippen LogP contribution in [-0.4, -0.2) is 41.8 Å². The quantitative estimate of drug-likeness (QED) is 0.852. The van der Waals surface area contributed by atoms with E-state index in [0.29, 0.717) is 17.9 Å². The number of aromatic nitrogens is 1. The van der Waals surface area contributed by atoms with Crippen molar-refractivity contribution in [1.82, 2.24) is 9.88 Å². The lowest BCUT2D eigenvalue weighted by atomic mass is 10.2. The SMILES string of the molecule is Cc1cccc(C(=O)N(Cc2ccco2)[C@@H]2CCS(=O)(=O)C2)n1. The third kappa shape index (κ3) is 3.61. The van der Waals surface area contributed by atoms with Crippen LogP contribution in [0.5, 0.6) is 0 Å². The van der Waals surface area contributed by atoms with E-state index in [1.54, 1.807) is 29.2 Å². The maximum atomic E-state index is 12.8. The van der Waals surface area contributed by atoms with E-state index in [0.717, 1.165) is 5.69 Å². The molecule has 2 aromatic rings. The summed E-state index contributed by atoms with van der Waals surface area (Å²) in [5, 5.41) is 0. The van der Waals surface area contributed by atoms with E-state index < -0.39 is 9.84 Å². The topological polar surface area (TPSA) is 80.5 Å². The summed E-state index contributed by atoms with van der Waals surface area (Å²) >= 11 is 0. The number of sulfone groups is 1. The van der Waals surface area contributed by atoms with E-state index in [9.17, 15) is 13.2 Å². The van der Waals surface area contributed by atoms with Crippen LogP contribution in [0.25, 0.3) is 0 Å². The van der Waals surface area contributed by atoms with Crippen LogP contribution in [0, 0.1) is 6.92 Å². The fourth-order valence-electron chi connectivity index (χ4n) is 2.77. The van der Waals surface area contributed by atoms with Crippen molar-refractivity contribution in [2.45, 2.75) is 25.9 Å². The summed E-state index contributed by atoms with van der Waals surface area (Å²) in [4.78, 5) is 18.7. The van der Waals surface area contributed by atoms with E-state index in [1.807, 2.05) is 13.0 Å². The van der Waals surface area contributed by atoms with Crippen molar-refractivity contribution < 1.29 is 17.6 Å². The molecule has 0 aliphatic carbocycles. The number of carbonyl (C=O) groups is 1. The number of aryl methyl sites for hydroxylation is 1. The van der Waals surface area contributed by atoms with Crippen molar-refractivity contribution >= 4 is 15.7 Å². The van der Waals surface area contributed by atoms with Crippen LogP contribution in [0.2, 0.25) is 0 Å². The predicted molar refractivity (Wildman–Crippen MR) is 84.6 cm³/mol. The highest BCUT2D eigenvalue weighted by molar-refractivity contribution is 7.91. The fourth-order valence-corrected chi connectivity index (χ4v) is 4.50. The van der Waals surface area contributed by atoms with Crippen molar-refractivity contribution in [2.75, 3.05) is 11.5 Å². The Morgan fingerprint density at radius 3 is 2.78 bits per heavy atom. The lowest BCUT2D eigenvalue weighted by molar-refractivity contribution is 0.0660. The molecular weight excluding hydrogens is 316 g/mol. The third-order valence-electron chi connectivity index (χ3n) is 3.92. The molecule has 1 aliphatic rings. The molecule has 122 valence electrons. The van der Waals surface area contributed by atoms with Crippen molar-refractivity contribution in [3.05, 3.63) is 53.7 Å². The van der Waals surface area contributed by atoms with Crippen molar-refractivity contribution in [3.63, 3.8) is 0 Å². The molecule has 0 spiro atoms. The van der Waals surface area contributed by atoms with Gasteiger partial charge in [0.15, 0.2) is 9.84 Å². The number of amides is 1. The first kappa shape index (κ1) is 15.7. The lowest BCUT2D eigenvalue weighted by Crippen LogP contribution is -2.41. The zero-order valence-corrected chi connectivity index (χ0v) is 13.6. The predicted octanol–water partition coefficient (Wildman–Crippen LogP) is 1.81.